The average molecular weight is 506 g/mol. The highest BCUT2D eigenvalue weighted by molar-refractivity contribution is 5.41. The average Bonchev–Trinajstić information content (AvgIpc) is 3.37. The van der Waals surface area contributed by atoms with Crippen molar-refractivity contribution in [3.05, 3.63) is 0 Å². The number of nitrogens with zero attached hydrogens (tertiary/aromatic N) is 5. The highest BCUT2D eigenvalue weighted by atomic mass is 16.9. The lowest BCUT2D eigenvalue weighted by atomic mass is 9.99. The Kier molecular flexibility index (Phi) is 6.48. The van der Waals surface area contributed by atoms with Crippen LogP contribution in [0.15, 0.2) is 0 Å². The summed E-state index contributed by atoms with van der Waals surface area (Å²) in [5.74, 6) is -0.123. The minimum Gasteiger partial charge on any atom is -0.460 e. The van der Waals surface area contributed by atoms with Crippen molar-refractivity contribution >= 4 is 11.9 Å². The predicted octanol–water partition coefficient (Wildman–Crippen LogP) is 2.63. The van der Waals surface area contributed by atoms with E-state index in [0.717, 1.165) is 51.9 Å². The van der Waals surface area contributed by atoms with E-state index in [0.29, 0.717) is 17.9 Å². The van der Waals surface area contributed by atoms with Crippen molar-refractivity contribution in [2.24, 2.45) is 0 Å². The summed E-state index contributed by atoms with van der Waals surface area (Å²) in [6, 6.07) is 0.315. The molecule has 36 heavy (non-hydrogen) atoms. The third kappa shape index (κ3) is 5.00. The minimum absolute atomic E-state index is 0.205. The van der Waals surface area contributed by atoms with Gasteiger partial charge in [-0.1, -0.05) is 0 Å². The molecule has 11 nitrogen and oxygen atoms in total. The number of hydrogen-bond acceptors (Lipinski definition) is 11. The quantitative estimate of drug-likeness (QED) is 0.590. The van der Waals surface area contributed by atoms with E-state index in [-0.39, 0.29) is 24.9 Å². The van der Waals surface area contributed by atoms with E-state index in [1.807, 2.05) is 27.7 Å². The van der Waals surface area contributed by atoms with Crippen LogP contribution in [0.5, 0.6) is 6.01 Å². The first-order valence-electron chi connectivity index (χ1n) is 13.5. The zero-order valence-corrected chi connectivity index (χ0v) is 21.9. The van der Waals surface area contributed by atoms with Crippen molar-refractivity contribution in [2.75, 3.05) is 42.6 Å². The largest absolute Gasteiger partial charge is 0.460 e. The molecular weight excluding hydrogens is 466 g/mol. The SMILES string of the molecule is CC1(C)O[C@H]2[C@@H](O1)[C@@H](COc1nc(N3CCCCC3)nc(N3CCCCC3)n1)O[C@@H]1OC(C)(C)O[C@@H]12. The van der Waals surface area contributed by atoms with Gasteiger partial charge in [0.2, 0.25) is 11.9 Å². The van der Waals surface area contributed by atoms with E-state index in [2.05, 4.69) is 9.80 Å². The second-order valence-electron chi connectivity index (χ2n) is 11.3. The molecule has 5 fully saturated rings. The first-order chi connectivity index (χ1) is 17.3. The Labute approximate surface area is 212 Å². The van der Waals surface area contributed by atoms with Crippen molar-refractivity contribution in [2.45, 2.75) is 108 Å². The van der Waals surface area contributed by atoms with Crippen LogP contribution in [-0.2, 0) is 23.7 Å². The zero-order chi connectivity index (χ0) is 24.9. The molecule has 5 aliphatic rings. The molecule has 0 amide bonds. The molecule has 0 saturated carbocycles. The first-order valence-corrected chi connectivity index (χ1v) is 13.5. The molecule has 1 aromatic heterocycles. The molecule has 6 heterocycles. The van der Waals surface area contributed by atoms with Crippen LogP contribution in [0.25, 0.3) is 0 Å². The lowest BCUT2D eigenvalue weighted by Gasteiger charge is -2.37. The van der Waals surface area contributed by atoms with Gasteiger partial charge in [0.25, 0.3) is 0 Å². The number of aromatic nitrogens is 3. The molecule has 0 aliphatic carbocycles. The number of hydrogen-bond donors (Lipinski definition) is 0. The van der Waals surface area contributed by atoms with Gasteiger partial charge in [0.1, 0.15) is 31.0 Å². The van der Waals surface area contributed by atoms with Crippen LogP contribution in [0.4, 0.5) is 11.9 Å². The van der Waals surface area contributed by atoms with Gasteiger partial charge in [-0.3, -0.25) is 0 Å². The fourth-order valence-corrected chi connectivity index (χ4v) is 5.86. The molecule has 200 valence electrons. The molecular formula is C25H39N5O6. The summed E-state index contributed by atoms with van der Waals surface area (Å²) in [6.45, 7) is 11.6. The van der Waals surface area contributed by atoms with Crippen LogP contribution in [0.2, 0.25) is 0 Å². The van der Waals surface area contributed by atoms with E-state index in [1.54, 1.807) is 0 Å². The summed E-state index contributed by atoms with van der Waals surface area (Å²) in [7, 11) is 0. The third-order valence-electron chi connectivity index (χ3n) is 7.50. The summed E-state index contributed by atoms with van der Waals surface area (Å²) in [5, 5.41) is 0. The monoisotopic (exact) mass is 505 g/mol. The van der Waals surface area contributed by atoms with Gasteiger partial charge in [-0.05, 0) is 66.2 Å². The Morgan fingerprint density at radius 1 is 0.694 bits per heavy atom. The summed E-state index contributed by atoms with van der Waals surface area (Å²) < 4.78 is 37.1. The van der Waals surface area contributed by atoms with Crippen LogP contribution in [0.1, 0.15) is 66.2 Å². The second-order valence-corrected chi connectivity index (χ2v) is 11.3. The topological polar surface area (TPSA) is 101 Å². The smallest absolute Gasteiger partial charge is 0.323 e. The van der Waals surface area contributed by atoms with Gasteiger partial charge in [0.05, 0.1) is 0 Å². The molecule has 0 N–H and O–H groups in total. The fraction of sp³-hybridized carbons (Fsp3) is 0.880. The van der Waals surface area contributed by atoms with Crippen molar-refractivity contribution in [3.8, 4) is 6.01 Å². The molecule has 0 unspecified atom stereocenters. The van der Waals surface area contributed by atoms with Crippen LogP contribution < -0.4 is 14.5 Å². The lowest BCUT2D eigenvalue weighted by Crippen LogP contribution is -2.56. The van der Waals surface area contributed by atoms with Gasteiger partial charge >= 0.3 is 6.01 Å². The van der Waals surface area contributed by atoms with Crippen LogP contribution >= 0.6 is 0 Å². The Hall–Kier alpha value is -1.79. The van der Waals surface area contributed by atoms with Crippen molar-refractivity contribution in [3.63, 3.8) is 0 Å². The third-order valence-corrected chi connectivity index (χ3v) is 7.50. The number of piperidine rings is 2. The van der Waals surface area contributed by atoms with Crippen LogP contribution in [0.3, 0.4) is 0 Å². The maximum Gasteiger partial charge on any atom is 0.323 e. The van der Waals surface area contributed by atoms with Crippen LogP contribution in [0, 0.1) is 0 Å². The summed E-state index contributed by atoms with van der Waals surface area (Å²) >= 11 is 0. The summed E-state index contributed by atoms with van der Waals surface area (Å²) in [6.07, 6.45) is 5.05. The molecule has 5 saturated heterocycles. The highest BCUT2D eigenvalue weighted by Crippen LogP contribution is 2.44. The standard InChI is InChI=1S/C25H39N5O6/c1-24(2)33-17-16(32-20-19(18(17)34-24)35-25(3,4)36-20)15-31-23-27-21(29-11-7-5-8-12-29)26-22(28-23)30-13-9-6-10-14-30/h16-20H,5-15H2,1-4H3/t16-,17+,18+,19-,20-/m1/s1. The highest BCUT2D eigenvalue weighted by Gasteiger charge is 2.60. The van der Waals surface area contributed by atoms with Crippen molar-refractivity contribution in [1.82, 2.24) is 15.0 Å². The maximum absolute atomic E-state index is 6.30. The lowest BCUT2D eigenvalue weighted by molar-refractivity contribution is -0.238. The number of ether oxygens (including phenoxy) is 6. The van der Waals surface area contributed by atoms with E-state index < -0.39 is 24.0 Å². The van der Waals surface area contributed by atoms with E-state index in [4.69, 9.17) is 43.4 Å². The molecule has 1 aromatic rings. The fourth-order valence-electron chi connectivity index (χ4n) is 5.86. The maximum atomic E-state index is 6.30. The molecule has 5 aliphatic heterocycles. The predicted molar refractivity (Wildman–Crippen MR) is 130 cm³/mol. The molecule has 0 spiro atoms. The molecule has 0 aromatic carbocycles. The number of anilines is 2. The molecule has 11 heteroatoms. The minimum atomic E-state index is -0.757. The van der Waals surface area contributed by atoms with E-state index >= 15 is 0 Å². The number of rotatable bonds is 5. The molecule has 0 bridgehead atoms. The molecule has 6 rings (SSSR count). The molecule has 5 atom stereocenters. The summed E-state index contributed by atoms with van der Waals surface area (Å²) in [4.78, 5) is 18.7. The van der Waals surface area contributed by atoms with E-state index in [9.17, 15) is 0 Å². The first kappa shape index (κ1) is 24.5. The Morgan fingerprint density at radius 2 is 1.22 bits per heavy atom. The zero-order valence-electron chi connectivity index (χ0n) is 21.9. The number of fused-ring (bicyclic) bond motifs is 3. The van der Waals surface area contributed by atoms with Gasteiger partial charge in [0.15, 0.2) is 17.9 Å². The van der Waals surface area contributed by atoms with Gasteiger partial charge in [0, 0.05) is 26.2 Å². The Morgan fingerprint density at radius 3 is 1.83 bits per heavy atom. The Balaban J connectivity index is 1.22. The normalized spacial score (nSPS) is 35.4. The van der Waals surface area contributed by atoms with Gasteiger partial charge in [-0.15, -0.1) is 0 Å². The van der Waals surface area contributed by atoms with Gasteiger partial charge in [-0.25, -0.2) is 0 Å². The Bertz CT molecular complexity index is 899. The van der Waals surface area contributed by atoms with Crippen LogP contribution in [-0.4, -0.2) is 90.0 Å². The van der Waals surface area contributed by atoms with Crippen molar-refractivity contribution < 1.29 is 28.4 Å². The van der Waals surface area contributed by atoms with E-state index in [1.165, 1.54) is 12.8 Å². The van der Waals surface area contributed by atoms with Gasteiger partial charge < -0.3 is 38.2 Å². The van der Waals surface area contributed by atoms with Gasteiger partial charge in [-0.2, -0.15) is 15.0 Å². The van der Waals surface area contributed by atoms with Crippen molar-refractivity contribution in [1.29, 1.82) is 0 Å². The molecule has 0 radical (unpaired) electrons. The summed E-state index contributed by atoms with van der Waals surface area (Å²) in [5.41, 5.74) is 0. The second kappa shape index (κ2) is 9.50.